The quantitative estimate of drug-likeness (QED) is 0.817. The third-order valence-corrected chi connectivity index (χ3v) is 2.32. The van der Waals surface area contributed by atoms with Gasteiger partial charge in [0.2, 0.25) is 0 Å². The molecule has 0 amide bonds. The van der Waals surface area contributed by atoms with E-state index >= 15 is 0 Å². The molecule has 0 fully saturated rings. The summed E-state index contributed by atoms with van der Waals surface area (Å²) in [5.41, 5.74) is 1.42. The Hall–Kier alpha value is -1.11. The van der Waals surface area contributed by atoms with E-state index in [-0.39, 0.29) is 6.10 Å². The van der Waals surface area contributed by atoms with Crippen LogP contribution >= 0.6 is 0 Å². The van der Waals surface area contributed by atoms with Gasteiger partial charge in [0.25, 0.3) is 10.2 Å². The lowest BCUT2D eigenvalue weighted by atomic mass is 10.2. The standard InChI is InChI=1S/C10H16N2O3S/c1-8(2)15-7-9-3-5-10(6-4-9)12-16(11,13)14/h3-6,8,12H,7H2,1-2H3,(H2,11,13,14). The Bertz CT molecular complexity index is 426. The van der Waals surface area contributed by atoms with Gasteiger partial charge in [0.15, 0.2) is 0 Å². The highest BCUT2D eigenvalue weighted by Crippen LogP contribution is 2.11. The minimum absolute atomic E-state index is 0.169. The molecule has 90 valence electrons. The molecule has 5 nitrogen and oxygen atoms in total. The van der Waals surface area contributed by atoms with Gasteiger partial charge in [-0.25, -0.2) is 5.14 Å². The first kappa shape index (κ1) is 13.0. The zero-order chi connectivity index (χ0) is 12.2. The van der Waals surface area contributed by atoms with Crippen LogP contribution in [0.3, 0.4) is 0 Å². The van der Waals surface area contributed by atoms with Gasteiger partial charge in [-0.15, -0.1) is 0 Å². The molecule has 0 aliphatic rings. The van der Waals surface area contributed by atoms with Gasteiger partial charge in [0.1, 0.15) is 0 Å². The first-order valence-corrected chi connectivity index (χ1v) is 6.42. The van der Waals surface area contributed by atoms with Crippen molar-refractivity contribution in [2.45, 2.75) is 26.6 Å². The lowest BCUT2D eigenvalue weighted by Gasteiger charge is -2.08. The smallest absolute Gasteiger partial charge is 0.296 e. The van der Waals surface area contributed by atoms with Gasteiger partial charge in [0, 0.05) is 5.69 Å². The fourth-order valence-electron chi connectivity index (χ4n) is 1.10. The normalized spacial score (nSPS) is 11.8. The molecule has 0 spiro atoms. The Balaban J connectivity index is 2.61. The van der Waals surface area contributed by atoms with Crippen molar-refractivity contribution in [3.8, 4) is 0 Å². The molecule has 0 heterocycles. The molecule has 0 aliphatic carbocycles. The van der Waals surface area contributed by atoms with Gasteiger partial charge in [0.05, 0.1) is 12.7 Å². The van der Waals surface area contributed by atoms with E-state index < -0.39 is 10.2 Å². The highest BCUT2D eigenvalue weighted by Gasteiger charge is 2.02. The van der Waals surface area contributed by atoms with Crippen molar-refractivity contribution in [1.82, 2.24) is 0 Å². The molecular weight excluding hydrogens is 228 g/mol. The molecule has 0 aliphatic heterocycles. The predicted octanol–water partition coefficient (Wildman–Crippen LogP) is 1.23. The molecule has 6 heteroatoms. The van der Waals surface area contributed by atoms with Crippen molar-refractivity contribution < 1.29 is 13.2 Å². The first-order chi connectivity index (χ1) is 7.37. The fourth-order valence-corrected chi connectivity index (χ4v) is 1.56. The van der Waals surface area contributed by atoms with E-state index in [1.807, 2.05) is 13.8 Å². The van der Waals surface area contributed by atoms with Gasteiger partial charge < -0.3 is 4.74 Å². The second kappa shape index (κ2) is 5.29. The largest absolute Gasteiger partial charge is 0.374 e. The van der Waals surface area contributed by atoms with E-state index in [0.717, 1.165) is 5.56 Å². The van der Waals surface area contributed by atoms with E-state index in [4.69, 9.17) is 9.88 Å². The number of benzene rings is 1. The molecule has 1 aromatic rings. The zero-order valence-corrected chi connectivity index (χ0v) is 10.1. The highest BCUT2D eigenvalue weighted by molar-refractivity contribution is 7.90. The molecule has 0 radical (unpaired) electrons. The van der Waals surface area contributed by atoms with Crippen LogP contribution in [0, 0.1) is 0 Å². The Morgan fingerprint density at radius 3 is 2.31 bits per heavy atom. The van der Waals surface area contributed by atoms with Gasteiger partial charge in [-0.1, -0.05) is 12.1 Å². The Kier molecular flexibility index (Phi) is 4.28. The van der Waals surface area contributed by atoms with Crippen LogP contribution < -0.4 is 9.86 Å². The minimum Gasteiger partial charge on any atom is -0.374 e. The lowest BCUT2D eigenvalue weighted by Crippen LogP contribution is -2.21. The summed E-state index contributed by atoms with van der Waals surface area (Å²) in [7, 11) is -3.70. The molecule has 1 rings (SSSR count). The van der Waals surface area contributed by atoms with Crippen molar-refractivity contribution in [3.05, 3.63) is 29.8 Å². The summed E-state index contributed by atoms with van der Waals surface area (Å²) in [4.78, 5) is 0. The number of ether oxygens (including phenoxy) is 1. The van der Waals surface area contributed by atoms with Gasteiger partial charge in [-0.2, -0.15) is 8.42 Å². The van der Waals surface area contributed by atoms with Crippen LogP contribution in [-0.4, -0.2) is 14.5 Å². The lowest BCUT2D eigenvalue weighted by molar-refractivity contribution is 0.0657. The molecule has 0 bridgehead atoms. The van der Waals surface area contributed by atoms with E-state index in [9.17, 15) is 8.42 Å². The average molecular weight is 244 g/mol. The number of nitrogens with two attached hydrogens (primary N) is 1. The molecule has 0 aromatic heterocycles. The SMILES string of the molecule is CC(C)OCc1ccc(NS(N)(=O)=O)cc1. The molecule has 3 N–H and O–H groups in total. The molecule has 0 saturated carbocycles. The summed E-state index contributed by atoms with van der Waals surface area (Å²) in [5, 5.41) is 4.84. The summed E-state index contributed by atoms with van der Waals surface area (Å²) in [6.45, 7) is 4.42. The van der Waals surface area contributed by atoms with E-state index in [0.29, 0.717) is 12.3 Å². The van der Waals surface area contributed by atoms with E-state index in [2.05, 4.69) is 4.72 Å². The van der Waals surface area contributed by atoms with E-state index in [1.165, 1.54) is 0 Å². The molecular formula is C10H16N2O3S. The van der Waals surface area contributed by atoms with Crippen LogP contribution in [0.2, 0.25) is 0 Å². The number of hydrogen-bond donors (Lipinski definition) is 2. The maximum atomic E-state index is 10.7. The average Bonchev–Trinajstić information content (AvgIpc) is 2.14. The van der Waals surface area contributed by atoms with Crippen molar-refractivity contribution >= 4 is 15.9 Å². The zero-order valence-electron chi connectivity index (χ0n) is 9.30. The van der Waals surface area contributed by atoms with Crippen LogP contribution in [0.25, 0.3) is 0 Å². The number of anilines is 1. The van der Waals surface area contributed by atoms with Crippen molar-refractivity contribution in [2.75, 3.05) is 4.72 Å². The third-order valence-electron chi connectivity index (χ3n) is 1.80. The molecule has 0 unspecified atom stereocenters. The summed E-state index contributed by atoms with van der Waals surface area (Å²) in [6.07, 6.45) is 0.169. The monoisotopic (exact) mass is 244 g/mol. The van der Waals surface area contributed by atoms with Gasteiger partial charge in [-0.3, -0.25) is 4.72 Å². The van der Waals surface area contributed by atoms with Gasteiger partial charge in [-0.05, 0) is 31.5 Å². The van der Waals surface area contributed by atoms with Crippen molar-refractivity contribution in [2.24, 2.45) is 5.14 Å². The minimum atomic E-state index is -3.70. The predicted molar refractivity (Wildman–Crippen MR) is 63.1 cm³/mol. The Morgan fingerprint density at radius 1 is 1.31 bits per heavy atom. The summed E-state index contributed by atoms with van der Waals surface area (Å²) in [6, 6.07) is 6.86. The van der Waals surface area contributed by atoms with Crippen LogP contribution in [-0.2, 0) is 21.6 Å². The Labute approximate surface area is 95.8 Å². The van der Waals surface area contributed by atoms with Gasteiger partial charge >= 0.3 is 0 Å². The summed E-state index contributed by atoms with van der Waals surface area (Å²) in [5.74, 6) is 0. The fraction of sp³-hybridized carbons (Fsp3) is 0.400. The Morgan fingerprint density at radius 2 is 1.88 bits per heavy atom. The second-order valence-corrected chi connectivity index (χ2v) is 5.00. The highest BCUT2D eigenvalue weighted by atomic mass is 32.2. The second-order valence-electron chi connectivity index (χ2n) is 3.70. The number of rotatable bonds is 5. The molecule has 0 saturated heterocycles. The number of hydrogen-bond acceptors (Lipinski definition) is 3. The molecule has 0 atom stereocenters. The summed E-state index contributed by atoms with van der Waals surface area (Å²) < 4.78 is 29.1. The first-order valence-electron chi connectivity index (χ1n) is 4.88. The van der Waals surface area contributed by atoms with Crippen molar-refractivity contribution in [1.29, 1.82) is 0 Å². The van der Waals surface area contributed by atoms with Crippen molar-refractivity contribution in [3.63, 3.8) is 0 Å². The van der Waals surface area contributed by atoms with E-state index in [1.54, 1.807) is 24.3 Å². The maximum Gasteiger partial charge on any atom is 0.296 e. The summed E-state index contributed by atoms with van der Waals surface area (Å²) >= 11 is 0. The molecule has 16 heavy (non-hydrogen) atoms. The maximum absolute atomic E-state index is 10.7. The van der Waals surface area contributed by atoms with Crippen LogP contribution in [0.15, 0.2) is 24.3 Å². The third kappa shape index (κ3) is 5.11. The molecule has 1 aromatic carbocycles. The van der Waals surface area contributed by atoms with Crippen LogP contribution in [0.4, 0.5) is 5.69 Å². The van der Waals surface area contributed by atoms with Crippen LogP contribution in [0.1, 0.15) is 19.4 Å². The number of nitrogens with one attached hydrogen (secondary N) is 1. The van der Waals surface area contributed by atoms with Crippen LogP contribution in [0.5, 0.6) is 0 Å². The topological polar surface area (TPSA) is 81.4 Å².